The number of allylic oxidation sites excluding steroid dienone is 1. The molecule has 1 aliphatic rings. The third-order valence-corrected chi connectivity index (χ3v) is 5.97. The summed E-state index contributed by atoms with van der Waals surface area (Å²) in [6.45, 7) is 2.06. The van der Waals surface area contributed by atoms with Crippen molar-refractivity contribution in [2.75, 3.05) is 19.0 Å². The number of pyridine rings is 2. The zero-order valence-corrected chi connectivity index (χ0v) is 19.7. The molecule has 172 valence electrons. The Morgan fingerprint density at radius 3 is 2.91 bits per heavy atom. The van der Waals surface area contributed by atoms with Crippen molar-refractivity contribution in [3.63, 3.8) is 0 Å². The molecular formula is C22H18ClN7O3S. The minimum atomic E-state index is -1.44. The number of nitriles is 1. The first-order valence-electron chi connectivity index (χ1n) is 9.96. The Balaban J connectivity index is 1.53. The molecule has 0 spiro atoms. The van der Waals surface area contributed by atoms with Gasteiger partial charge in [-0.2, -0.15) is 5.26 Å². The molecule has 0 aliphatic carbocycles. The number of nitrogens with zero attached hydrogens (tertiary/aromatic N) is 6. The molecule has 1 unspecified atom stereocenters. The lowest BCUT2D eigenvalue weighted by Crippen LogP contribution is -2.50. The molecule has 3 aromatic heterocycles. The van der Waals surface area contributed by atoms with E-state index in [1.165, 1.54) is 19.5 Å². The number of nitrogens with one attached hydrogen (secondary N) is 1. The van der Waals surface area contributed by atoms with Gasteiger partial charge in [-0.25, -0.2) is 4.98 Å². The summed E-state index contributed by atoms with van der Waals surface area (Å²) < 4.78 is 11.3. The maximum absolute atomic E-state index is 13.4. The second-order valence-corrected chi connectivity index (χ2v) is 8.55. The van der Waals surface area contributed by atoms with Crippen molar-refractivity contribution in [3.05, 3.63) is 64.7 Å². The highest BCUT2D eigenvalue weighted by Crippen LogP contribution is 2.35. The van der Waals surface area contributed by atoms with Crippen LogP contribution in [0.1, 0.15) is 23.9 Å². The normalized spacial score (nSPS) is 17.4. The molecule has 1 aliphatic heterocycles. The molecule has 1 atom stereocenters. The smallest absolute Gasteiger partial charge is 0.296 e. The number of halogens is 1. The van der Waals surface area contributed by atoms with E-state index in [4.69, 9.17) is 21.1 Å². The van der Waals surface area contributed by atoms with Crippen LogP contribution in [-0.2, 0) is 16.1 Å². The maximum atomic E-state index is 13.4. The van der Waals surface area contributed by atoms with Crippen molar-refractivity contribution >= 4 is 45.3 Å². The molecule has 12 heteroatoms. The van der Waals surface area contributed by atoms with Crippen molar-refractivity contribution < 1.29 is 14.3 Å². The predicted octanol–water partition coefficient (Wildman–Crippen LogP) is 3.31. The summed E-state index contributed by atoms with van der Waals surface area (Å²) in [7, 11) is 1.43. The summed E-state index contributed by atoms with van der Waals surface area (Å²) in [5.41, 5.74) is 1.39. The van der Waals surface area contributed by atoms with Gasteiger partial charge in [0.05, 0.1) is 17.3 Å². The minimum Gasteiger partial charge on any atom is -0.462 e. The van der Waals surface area contributed by atoms with Gasteiger partial charge in [0, 0.05) is 30.8 Å². The van der Waals surface area contributed by atoms with Gasteiger partial charge in [0.1, 0.15) is 18.4 Å². The fourth-order valence-electron chi connectivity index (χ4n) is 3.27. The Morgan fingerprint density at radius 1 is 1.32 bits per heavy atom. The van der Waals surface area contributed by atoms with Crippen LogP contribution in [-0.4, -0.2) is 51.0 Å². The number of methoxy groups -OCH3 is 1. The summed E-state index contributed by atoms with van der Waals surface area (Å²) in [6, 6.07) is 8.78. The van der Waals surface area contributed by atoms with Crippen molar-refractivity contribution in [2.24, 2.45) is 4.99 Å². The Labute approximate surface area is 204 Å². The fourth-order valence-corrected chi connectivity index (χ4v) is 3.98. The first-order valence-corrected chi connectivity index (χ1v) is 11.2. The summed E-state index contributed by atoms with van der Waals surface area (Å²) in [6.07, 6.45) is 4.80. The molecule has 3 aromatic rings. The van der Waals surface area contributed by atoms with E-state index in [2.05, 4.69) is 30.5 Å². The van der Waals surface area contributed by atoms with Crippen LogP contribution in [0.25, 0.3) is 5.57 Å². The number of rotatable bonds is 7. The number of anilines is 1. The van der Waals surface area contributed by atoms with E-state index in [-0.39, 0.29) is 29.2 Å². The van der Waals surface area contributed by atoms with E-state index < -0.39 is 11.5 Å². The highest BCUT2D eigenvalue weighted by Gasteiger charge is 2.45. The van der Waals surface area contributed by atoms with Crippen LogP contribution in [0.3, 0.4) is 0 Å². The molecule has 0 saturated carbocycles. The summed E-state index contributed by atoms with van der Waals surface area (Å²) in [5.74, 6) is -0.477. The number of dihydropyridines is 1. The zero-order chi connectivity index (χ0) is 24.1. The summed E-state index contributed by atoms with van der Waals surface area (Å²) >= 11 is 6.90. The van der Waals surface area contributed by atoms with Crippen LogP contribution < -0.4 is 10.1 Å². The highest BCUT2D eigenvalue weighted by atomic mass is 35.5. The second kappa shape index (κ2) is 10.0. The van der Waals surface area contributed by atoms with Gasteiger partial charge in [-0.1, -0.05) is 16.7 Å². The van der Waals surface area contributed by atoms with Crippen molar-refractivity contribution in [3.8, 4) is 11.3 Å². The average Bonchev–Trinajstić information content (AvgIpc) is 3.31. The summed E-state index contributed by atoms with van der Waals surface area (Å²) in [4.78, 5) is 26.0. The number of hydrogen-bond donors (Lipinski definition) is 1. The highest BCUT2D eigenvalue weighted by molar-refractivity contribution is 7.17. The quantitative estimate of drug-likeness (QED) is 0.527. The standard InChI is InChI=1S/C22H18ClN7O3S/c1-13-7-18(14-5-6-25-17(8-14)9-24)22(32-2,12-27-13)19(31)28-20-29-30-21(34-20)33-11-16-4-3-15(23)10-26-16/h3-8,10H,11-12H2,1-2H3,(H,28,29,31). The predicted molar refractivity (Wildman–Crippen MR) is 127 cm³/mol. The van der Waals surface area contributed by atoms with Crippen molar-refractivity contribution in [1.82, 2.24) is 20.2 Å². The van der Waals surface area contributed by atoms with Gasteiger partial charge in [-0.05, 0) is 54.2 Å². The molecule has 0 fully saturated rings. The van der Waals surface area contributed by atoms with Gasteiger partial charge in [-0.15, -0.1) is 5.10 Å². The van der Waals surface area contributed by atoms with E-state index in [0.29, 0.717) is 21.9 Å². The number of aromatic nitrogens is 4. The molecular weight excluding hydrogens is 478 g/mol. The van der Waals surface area contributed by atoms with Crippen molar-refractivity contribution in [1.29, 1.82) is 5.26 Å². The SMILES string of the molecule is COC1(C(=O)Nc2nnc(OCc3ccc(Cl)cn3)s2)CN=C(C)C=C1c1ccnc(C#N)c1. The van der Waals surface area contributed by atoms with Gasteiger partial charge in [0.25, 0.3) is 11.1 Å². The van der Waals surface area contributed by atoms with Gasteiger partial charge < -0.3 is 9.47 Å². The Bertz CT molecular complexity index is 1320. The van der Waals surface area contributed by atoms with Crippen LogP contribution >= 0.6 is 22.9 Å². The lowest BCUT2D eigenvalue weighted by Gasteiger charge is -2.34. The lowest BCUT2D eigenvalue weighted by atomic mass is 9.84. The number of ether oxygens (including phenoxy) is 2. The van der Waals surface area contributed by atoms with Crippen LogP contribution in [0.2, 0.25) is 5.02 Å². The zero-order valence-electron chi connectivity index (χ0n) is 18.1. The average molecular weight is 496 g/mol. The molecule has 34 heavy (non-hydrogen) atoms. The first-order chi connectivity index (χ1) is 16.4. The molecule has 4 heterocycles. The molecule has 1 amide bonds. The van der Waals surface area contributed by atoms with Gasteiger partial charge in [-0.3, -0.25) is 20.1 Å². The van der Waals surface area contributed by atoms with E-state index >= 15 is 0 Å². The maximum Gasteiger partial charge on any atom is 0.296 e. The van der Waals surface area contributed by atoms with Gasteiger partial charge in [0.2, 0.25) is 5.13 Å². The van der Waals surface area contributed by atoms with Crippen molar-refractivity contribution in [2.45, 2.75) is 19.1 Å². The van der Waals surface area contributed by atoms with Gasteiger partial charge in [0.15, 0.2) is 5.60 Å². The molecule has 10 nitrogen and oxygen atoms in total. The minimum absolute atomic E-state index is 0.0571. The number of carbonyl (C=O) groups excluding carboxylic acids is 1. The monoisotopic (exact) mass is 495 g/mol. The molecule has 1 N–H and O–H groups in total. The summed E-state index contributed by atoms with van der Waals surface area (Å²) in [5, 5.41) is 21.0. The number of hydrogen-bond acceptors (Lipinski definition) is 10. The molecule has 0 bridgehead atoms. The van der Waals surface area contributed by atoms with E-state index in [0.717, 1.165) is 17.0 Å². The van der Waals surface area contributed by atoms with Gasteiger partial charge >= 0.3 is 0 Å². The van der Waals surface area contributed by atoms with E-state index in [1.807, 2.05) is 13.0 Å². The van der Waals surface area contributed by atoms with Crippen LogP contribution in [0.4, 0.5) is 5.13 Å². The Morgan fingerprint density at radius 2 is 2.18 bits per heavy atom. The largest absolute Gasteiger partial charge is 0.462 e. The molecule has 0 saturated heterocycles. The Hall–Kier alpha value is -3.72. The first kappa shape index (κ1) is 23.4. The molecule has 4 rings (SSSR count). The third-order valence-electron chi connectivity index (χ3n) is 5.00. The van der Waals surface area contributed by atoms with Crippen LogP contribution in [0, 0.1) is 11.3 Å². The number of aliphatic imine (C=N–C) groups is 1. The third kappa shape index (κ3) is 4.94. The lowest BCUT2D eigenvalue weighted by molar-refractivity contribution is -0.130. The Kier molecular flexibility index (Phi) is 6.93. The number of carbonyl (C=O) groups is 1. The molecule has 0 radical (unpaired) electrons. The van der Waals surface area contributed by atoms with Crippen LogP contribution in [0.15, 0.2) is 47.7 Å². The van der Waals surface area contributed by atoms with E-state index in [1.54, 1.807) is 30.3 Å². The molecule has 0 aromatic carbocycles. The fraction of sp³-hybridized carbons (Fsp3) is 0.227. The topological polar surface area (TPSA) is 135 Å². The van der Waals surface area contributed by atoms with Crippen LogP contribution in [0.5, 0.6) is 5.19 Å². The number of amides is 1. The second-order valence-electron chi connectivity index (χ2n) is 7.17. The van der Waals surface area contributed by atoms with E-state index in [9.17, 15) is 10.1 Å².